The molecule has 3 aromatic carbocycles. The van der Waals surface area contributed by atoms with Crippen molar-refractivity contribution in [3.63, 3.8) is 0 Å². The zero-order valence-corrected chi connectivity index (χ0v) is 12.5. The molecule has 0 unspecified atom stereocenters. The molecule has 0 spiro atoms. The molecule has 0 aliphatic rings. The molecule has 0 fully saturated rings. The first-order valence-electron chi connectivity index (χ1n) is 7.08. The first kappa shape index (κ1) is 11.9. The Labute approximate surface area is 122 Å². The van der Waals surface area contributed by atoms with Gasteiger partial charge in [0.15, 0.2) is 0 Å². The van der Waals surface area contributed by atoms with E-state index in [4.69, 9.17) is 0 Å². The fraction of sp³-hybridized carbons (Fsp3) is 0.158. The van der Waals surface area contributed by atoms with Crippen LogP contribution in [0.2, 0.25) is 0 Å². The average Bonchev–Trinajstić information content (AvgIpc) is 2.86. The molecular formula is C19H16S. The van der Waals surface area contributed by atoms with E-state index in [2.05, 4.69) is 68.4 Å². The van der Waals surface area contributed by atoms with Gasteiger partial charge in [-0.2, -0.15) is 0 Å². The van der Waals surface area contributed by atoms with Crippen LogP contribution in [0, 0.1) is 0 Å². The normalized spacial score (nSPS) is 11.9. The highest BCUT2D eigenvalue weighted by atomic mass is 32.1. The third-order valence-corrected chi connectivity index (χ3v) is 5.23. The Morgan fingerprint density at radius 3 is 2.35 bits per heavy atom. The summed E-state index contributed by atoms with van der Waals surface area (Å²) in [4.78, 5) is 0. The maximum atomic E-state index is 2.38. The molecule has 98 valence electrons. The van der Waals surface area contributed by atoms with Crippen molar-refractivity contribution in [2.24, 2.45) is 0 Å². The predicted molar refractivity (Wildman–Crippen MR) is 90.9 cm³/mol. The first-order valence-corrected chi connectivity index (χ1v) is 7.90. The highest BCUT2D eigenvalue weighted by Crippen LogP contribution is 2.42. The third kappa shape index (κ3) is 1.60. The highest BCUT2D eigenvalue weighted by molar-refractivity contribution is 7.26. The Hall–Kier alpha value is -1.86. The van der Waals surface area contributed by atoms with Crippen LogP contribution >= 0.6 is 11.3 Å². The Morgan fingerprint density at radius 2 is 1.55 bits per heavy atom. The van der Waals surface area contributed by atoms with Gasteiger partial charge in [-0.05, 0) is 28.3 Å². The number of thiophene rings is 1. The molecule has 0 radical (unpaired) electrons. The summed E-state index contributed by atoms with van der Waals surface area (Å²) in [5.74, 6) is 0.542. The Kier molecular flexibility index (Phi) is 2.58. The minimum absolute atomic E-state index is 0.542. The molecule has 0 bridgehead atoms. The molecule has 0 saturated carbocycles. The summed E-state index contributed by atoms with van der Waals surface area (Å²) in [6.45, 7) is 4.58. The summed E-state index contributed by atoms with van der Waals surface area (Å²) in [6, 6.07) is 19.9. The van der Waals surface area contributed by atoms with Crippen LogP contribution in [-0.2, 0) is 0 Å². The van der Waals surface area contributed by atoms with Crippen LogP contribution in [0.15, 0.2) is 54.6 Å². The predicted octanol–water partition coefficient (Wildman–Crippen LogP) is 6.33. The lowest BCUT2D eigenvalue weighted by molar-refractivity contribution is 0.879. The Morgan fingerprint density at radius 1 is 0.850 bits per heavy atom. The van der Waals surface area contributed by atoms with Gasteiger partial charge < -0.3 is 0 Å². The van der Waals surface area contributed by atoms with Gasteiger partial charge in [0, 0.05) is 20.2 Å². The van der Waals surface area contributed by atoms with Gasteiger partial charge >= 0.3 is 0 Å². The molecule has 0 atom stereocenters. The number of fused-ring (bicyclic) bond motifs is 5. The Balaban J connectivity index is 2.33. The van der Waals surface area contributed by atoms with Crippen LogP contribution in [-0.4, -0.2) is 0 Å². The molecule has 0 saturated heterocycles. The van der Waals surface area contributed by atoms with Crippen LogP contribution in [0.4, 0.5) is 0 Å². The van der Waals surface area contributed by atoms with Crippen molar-refractivity contribution < 1.29 is 0 Å². The molecule has 1 heterocycles. The lowest BCUT2D eigenvalue weighted by Crippen LogP contribution is -1.89. The van der Waals surface area contributed by atoms with Gasteiger partial charge in [0.05, 0.1) is 0 Å². The van der Waals surface area contributed by atoms with Crippen molar-refractivity contribution in [2.45, 2.75) is 19.8 Å². The SMILES string of the molecule is CC(C)c1cc2ccccc2c2sc3ccccc3c12. The van der Waals surface area contributed by atoms with Gasteiger partial charge in [0.1, 0.15) is 0 Å². The van der Waals surface area contributed by atoms with E-state index in [-0.39, 0.29) is 0 Å². The lowest BCUT2D eigenvalue weighted by Gasteiger charge is -2.10. The minimum Gasteiger partial charge on any atom is -0.135 e. The molecule has 1 aromatic heterocycles. The average molecular weight is 276 g/mol. The van der Waals surface area contributed by atoms with Crippen molar-refractivity contribution in [2.75, 3.05) is 0 Å². The van der Waals surface area contributed by atoms with E-state index < -0.39 is 0 Å². The van der Waals surface area contributed by atoms with Crippen LogP contribution in [0.5, 0.6) is 0 Å². The monoisotopic (exact) mass is 276 g/mol. The number of hydrogen-bond acceptors (Lipinski definition) is 1. The van der Waals surface area contributed by atoms with Gasteiger partial charge in [-0.15, -0.1) is 11.3 Å². The zero-order valence-electron chi connectivity index (χ0n) is 11.7. The van der Waals surface area contributed by atoms with Crippen LogP contribution in [0.3, 0.4) is 0 Å². The van der Waals surface area contributed by atoms with Crippen molar-refractivity contribution >= 4 is 42.3 Å². The van der Waals surface area contributed by atoms with Crippen LogP contribution in [0.1, 0.15) is 25.3 Å². The first-order chi connectivity index (χ1) is 9.75. The molecule has 0 aliphatic carbocycles. The van der Waals surface area contributed by atoms with Gasteiger partial charge in [0.25, 0.3) is 0 Å². The van der Waals surface area contributed by atoms with Crippen LogP contribution < -0.4 is 0 Å². The minimum atomic E-state index is 0.542. The van der Waals surface area contributed by atoms with E-state index >= 15 is 0 Å². The number of benzene rings is 3. The zero-order chi connectivity index (χ0) is 13.7. The molecule has 1 heteroatoms. The standard InChI is InChI=1S/C19H16S/c1-12(2)16-11-13-7-3-4-8-14(13)19-18(16)15-9-5-6-10-17(15)20-19/h3-12H,1-2H3. The quantitative estimate of drug-likeness (QED) is 0.381. The fourth-order valence-electron chi connectivity index (χ4n) is 3.05. The Bertz CT molecular complexity index is 928. The fourth-order valence-corrected chi connectivity index (χ4v) is 4.32. The van der Waals surface area contributed by atoms with Gasteiger partial charge in [-0.25, -0.2) is 0 Å². The van der Waals surface area contributed by atoms with Gasteiger partial charge in [-0.3, -0.25) is 0 Å². The van der Waals surface area contributed by atoms with Crippen LogP contribution in [0.25, 0.3) is 30.9 Å². The van der Waals surface area contributed by atoms with E-state index in [0.717, 1.165) is 0 Å². The molecule has 0 amide bonds. The summed E-state index contributed by atoms with van der Waals surface area (Å²) < 4.78 is 2.83. The second kappa shape index (κ2) is 4.32. The van der Waals surface area contributed by atoms with Gasteiger partial charge in [0.2, 0.25) is 0 Å². The van der Waals surface area contributed by atoms with Crippen molar-refractivity contribution in [3.05, 3.63) is 60.2 Å². The molecule has 4 rings (SSSR count). The summed E-state index contributed by atoms with van der Waals surface area (Å²) in [6.07, 6.45) is 0. The van der Waals surface area contributed by atoms with E-state index in [0.29, 0.717) is 5.92 Å². The van der Waals surface area contributed by atoms with E-state index in [1.807, 2.05) is 11.3 Å². The lowest BCUT2D eigenvalue weighted by atomic mass is 9.94. The molecule has 0 N–H and O–H groups in total. The summed E-state index contributed by atoms with van der Waals surface area (Å²) in [5.41, 5.74) is 1.47. The van der Waals surface area contributed by atoms with Crippen molar-refractivity contribution in [3.8, 4) is 0 Å². The largest absolute Gasteiger partial charge is 0.135 e. The number of rotatable bonds is 1. The second-order valence-corrected chi connectivity index (χ2v) is 6.70. The van der Waals surface area contributed by atoms with Crippen molar-refractivity contribution in [1.82, 2.24) is 0 Å². The maximum absolute atomic E-state index is 2.38. The van der Waals surface area contributed by atoms with Crippen molar-refractivity contribution in [1.29, 1.82) is 0 Å². The summed E-state index contributed by atoms with van der Waals surface area (Å²) in [7, 11) is 0. The topological polar surface area (TPSA) is 0 Å². The third-order valence-electron chi connectivity index (χ3n) is 4.02. The van der Waals surface area contributed by atoms with E-state index in [1.165, 1.54) is 36.5 Å². The molecule has 4 aromatic rings. The maximum Gasteiger partial charge on any atom is 0.0436 e. The smallest absolute Gasteiger partial charge is 0.0436 e. The van der Waals surface area contributed by atoms with E-state index in [1.54, 1.807) is 0 Å². The number of hydrogen-bond donors (Lipinski definition) is 0. The van der Waals surface area contributed by atoms with Gasteiger partial charge in [-0.1, -0.05) is 62.4 Å². The summed E-state index contributed by atoms with van der Waals surface area (Å²) in [5, 5.41) is 5.60. The molecule has 0 aliphatic heterocycles. The molecule has 0 nitrogen and oxygen atoms in total. The molecule has 20 heavy (non-hydrogen) atoms. The molecular weight excluding hydrogens is 260 g/mol. The summed E-state index contributed by atoms with van der Waals surface area (Å²) >= 11 is 1.92. The highest BCUT2D eigenvalue weighted by Gasteiger charge is 2.14. The second-order valence-electron chi connectivity index (χ2n) is 5.64. The van der Waals surface area contributed by atoms with E-state index in [9.17, 15) is 0 Å².